The Hall–Kier alpha value is -0.956. The SMILES string of the molecule is C=C1/C(=C/C=C2\CCC[C@@]3(C)C2CC[C@@H]3[C@H](C)CCCC(=O)OCC)C[C@@H](O[Si](C)(C)C(C)(C)C)C[C@@H]1O[Si](C)(C)C(C)(C)C. The van der Waals surface area contributed by atoms with E-state index in [0.29, 0.717) is 30.3 Å². The van der Waals surface area contributed by atoms with Crippen LogP contribution in [0.4, 0.5) is 0 Å². The third kappa shape index (κ3) is 9.15. The lowest BCUT2D eigenvalue weighted by atomic mass is 9.60. The van der Waals surface area contributed by atoms with Crippen molar-refractivity contribution in [3.63, 3.8) is 0 Å². The second kappa shape index (κ2) is 14.7. The van der Waals surface area contributed by atoms with Crippen molar-refractivity contribution in [2.45, 2.75) is 175 Å². The molecule has 6 heteroatoms. The molecule has 258 valence electrons. The number of hydrogen-bond acceptors (Lipinski definition) is 4. The standard InChI is InChI=1S/C39H70O4Si2/c1-15-41-36(40)20-16-18-28(2)33-23-24-34-30(19-17-25-39(33,34)10)21-22-31-26-32(42-44(11,12)37(4,5)6)27-35(29(31)3)43-45(13,14)38(7,8)9/h21-22,28,32-35H,3,15-20,23-27H2,1-2,4-14H3/b30-21+,31-22+/t28-,32-,33-,34?,35+,39-/m1/s1. The second-order valence-electron chi connectivity index (χ2n) is 18.0. The van der Waals surface area contributed by atoms with E-state index >= 15 is 0 Å². The van der Waals surface area contributed by atoms with Crippen LogP contribution in [0.25, 0.3) is 0 Å². The number of esters is 1. The van der Waals surface area contributed by atoms with Gasteiger partial charge in [0.05, 0.1) is 18.8 Å². The number of carbonyl (C=O) groups is 1. The Kier molecular flexibility index (Phi) is 12.5. The first kappa shape index (κ1) is 38.5. The number of carbonyl (C=O) groups excluding carboxylic acids is 1. The summed E-state index contributed by atoms with van der Waals surface area (Å²) in [6.07, 6.45) is 15.9. The fraction of sp³-hybridized carbons (Fsp3) is 0.821. The van der Waals surface area contributed by atoms with Crippen molar-refractivity contribution in [3.8, 4) is 0 Å². The summed E-state index contributed by atoms with van der Waals surface area (Å²) in [5.74, 6) is 1.95. The van der Waals surface area contributed by atoms with Crippen LogP contribution in [0.1, 0.15) is 127 Å². The highest BCUT2D eigenvalue weighted by Gasteiger charge is 2.50. The molecule has 0 aromatic carbocycles. The molecule has 0 heterocycles. The Morgan fingerprint density at radius 2 is 1.64 bits per heavy atom. The van der Waals surface area contributed by atoms with Gasteiger partial charge >= 0.3 is 5.97 Å². The smallest absolute Gasteiger partial charge is 0.305 e. The zero-order chi connectivity index (χ0) is 34.0. The number of fused-ring (bicyclic) bond motifs is 1. The normalized spacial score (nSPS) is 30.9. The summed E-state index contributed by atoms with van der Waals surface area (Å²) in [6.45, 7) is 35.5. The fourth-order valence-corrected chi connectivity index (χ4v) is 10.7. The van der Waals surface area contributed by atoms with E-state index in [1.54, 1.807) is 5.57 Å². The Morgan fingerprint density at radius 3 is 2.24 bits per heavy atom. The number of hydrogen-bond donors (Lipinski definition) is 0. The summed E-state index contributed by atoms with van der Waals surface area (Å²) >= 11 is 0. The summed E-state index contributed by atoms with van der Waals surface area (Å²) in [5.41, 5.74) is 4.48. The predicted octanol–water partition coefficient (Wildman–Crippen LogP) is 11.6. The zero-order valence-corrected chi connectivity index (χ0v) is 33.7. The lowest BCUT2D eigenvalue weighted by Crippen LogP contribution is -2.49. The van der Waals surface area contributed by atoms with Crippen molar-refractivity contribution in [3.05, 3.63) is 35.5 Å². The molecule has 45 heavy (non-hydrogen) atoms. The van der Waals surface area contributed by atoms with E-state index < -0.39 is 16.6 Å². The molecule has 3 rings (SSSR count). The van der Waals surface area contributed by atoms with Gasteiger partial charge in [0.25, 0.3) is 0 Å². The van der Waals surface area contributed by atoms with Crippen LogP contribution in [-0.2, 0) is 18.4 Å². The molecular weight excluding hydrogens is 589 g/mol. The topological polar surface area (TPSA) is 44.8 Å². The maximum absolute atomic E-state index is 11.9. The summed E-state index contributed by atoms with van der Waals surface area (Å²) in [5, 5.41) is 0.318. The van der Waals surface area contributed by atoms with E-state index in [-0.39, 0.29) is 28.3 Å². The Balaban J connectivity index is 1.84. The molecule has 0 spiro atoms. The summed E-state index contributed by atoms with van der Waals surface area (Å²) in [7, 11) is -3.92. The molecule has 3 aliphatic rings. The number of rotatable bonds is 11. The summed E-state index contributed by atoms with van der Waals surface area (Å²) < 4.78 is 19.3. The van der Waals surface area contributed by atoms with Crippen LogP contribution in [0.2, 0.25) is 36.3 Å². The van der Waals surface area contributed by atoms with Crippen LogP contribution in [-0.4, -0.2) is 41.4 Å². The van der Waals surface area contributed by atoms with Crippen molar-refractivity contribution in [1.29, 1.82) is 0 Å². The average Bonchev–Trinajstić information content (AvgIpc) is 3.25. The largest absolute Gasteiger partial charge is 0.466 e. The van der Waals surface area contributed by atoms with Gasteiger partial charge in [-0.25, -0.2) is 0 Å². The Bertz CT molecular complexity index is 1110. The van der Waals surface area contributed by atoms with E-state index in [4.69, 9.17) is 13.6 Å². The summed E-state index contributed by atoms with van der Waals surface area (Å²) in [4.78, 5) is 11.9. The van der Waals surface area contributed by atoms with Gasteiger partial charge in [0.15, 0.2) is 16.6 Å². The molecule has 3 aliphatic carbocycles. The van der Waals surface area contributed by atoms with Crippen LogP contribution < -0.4 is 0 Å². The maximum atomic E-state index is 11.9. The lowest BCUT2D eigenvalue weighted by molar-refractivity contribution is -0.143. The highest BCUT2D eigenvalue weighted by molar-refractivity contribution is 6.74. The second-order valence-corrected chi connectivity index (χ2v) is 27.5. The predicted molar refractivity (Wildman–Crippen MR) is 196 cm³/mol. The molecule has 0 aliphatic heterocycles. The van der Waals surface area contributed by atoms with Crippen LogP contribution in [0.3, 0.4) is 0 Å². The van der Waals surface area contributed by atoms with Gasteiger partial charge < -0.3 is 13.6 Å². The first-order valence-corrected chi connectivity index (χ1v) is 24.0. The van der Waals surface area contributed by atoms with Gasteiger partial charge in [0.1, 0.15) is 0 Å². The maximum Gasteiger partial charge on any atom is 0.305 e. The third-order valence-corrected chi connectivity index (χ3v) is 21.8. The van der Waals surface area contributed by atoms with E-state index in [0.717, 1.165) is 31.6 Å². The molecule has 3 saturated carbocycles. The third-order valence-electron chi connectivity index (χ3n) is 12.8. The van der Waals surface area contributed by atoms with Gasteiger partial charge in [-0.05, 0) is 129 Å². The van der Waals surface area contributed by atoms with Gasteiger partial charge in [0, 0.05) is 12.8 Å². The van der Waals surface area contributed by atoms with E-state index in [9.17, 15) is 4.79 Å². The van der Waals surface area contributed by atoms with Crippen molar-refractivity contribution >= 4 is 22.6 Å². The Morgan fingerprint density at radius 1 is 1.02 bits per heavy atom. The van der Waals surface area contributed by atoms with Gasteiger partial charge in [0.2, 0.25) is 0 Å². The minimum Gasteiger partial charge on any atom is -0.466 e. The van der Waals surface area contributed by atoms with Crippen LogP contribution in [0, 0.1) is 23.2 Å². The highest BCUT2D eigenvalue weighted by Crippen LogP contribution is 2.60. The zero-order valence-electron chi connectivity index (χ0n) is 31.7. The quantitative estimate of drug-likeness (QED) is 0.164. The van der Waals surface area contributed by atoms with Gasteiger partial charge in [-0.15, -0.1) is 0 Å². The van der Waals surface area contributed by atoms with Gasteiger partial charge in [-0.2, -0.15) is 0 Å². The first-order chi connectivity index (χ1) is 20.6. The molecule has 1 unspecified atom stereocenters. The monoisotopic (exact) mass is 658 g/mol. The van der Waals surface area contributed by atoms with Gasteiger partial charge in [-0.1, -0.05) is 79.7 Å². The fourth-order valence-electron chi connectivity index (χ4n) is 7.98. The summed E-state index contributed by atoms with van der Waals surface area (Å²) in [6, 6.07) is 0. The van der Waals surface area contributed by atoms with Crippen molar-refractivity contribution < 1.29 is 18.4 Å². The molecule has 0 amide bonds. The van der Waals surface area contributed by atoms with Crippen LogP contribution in [0.5, 0.6) is 0 Å². The molecule has 0 radical (unpaired) electrons. The molecule has 0 N–H and O–H groups in total. The molecule has 3 fully saturated rings. The first-order valence-electron chi connectivity index (χ1n) is 18.2. The van der Waals surface area contributed by atoms with Crippen molar-refractivity contribution in [2.75, 3.05) is 6.61 Å². The molecular formula is C39H70O4Si2. The molecule has 0 bridgehead atoms. The molecule has 0 saturated heterocycles. The Labute approximate surface area is 280 Å². The average molecular weight is 659 g/mol. The minimum atomic E-state index is -1.98. The van der Waals surface area contributed by atoms with E-state index in [1.165, 1.54) is 43.3 Å². The molecule has 4 nitrogen and oxygen atoms in total. The lowest BCUT2D eigenvalue weighted by Gasteiger charge is -2.46. The highest BCUT2D eigenvalue weighted by atomic mass is 28.4. The molecule has 6 atom stereocenters. The molecule has 0 aromatic heterocycles. The van der Waals surface area contributed by atoms with Crippen molar-refractivity contribution in [1.82, 2.24) is 0 Å². The van der Waals surface area contributed by atoms with Crippen LogP contribution >= 0.6 is 0 Å². The van der Waals surface area contributed by atoms with Gasteiger partial charge in [-0.3, -0.25) is 4.79 Å². The number of ether oxygens (including phenoxy) is 1. The van der Waals surface area contributed by atoms with Crippen molar-refractivity contribution in [2.24, 2.45) is 23.2 Å². The number of allylic oxidation sites excluding steroid dienone is 3. The minimum absolute atomic E-state index is 0.0157. The van der Waals surface area contributed by atoms with E-state index in [2.05, 4.69) is 100 Å². The van der Waals surface area contributed by atoms with Crippen LogP contribution in [0.15, 0.2) is 35.5 Å². The van der Waals surface area contributed by atoms with E-state index in [1.807, 2.05) is 6.92 Å². The molecule has 0 aromatic rings.